The zero-order chi connectivity index (χ0) is 18.1. The van der Waals surface area contributed by atoms with Crippen molar-refractivity contribution in [1.82, 2.24) is 0 Å². The van der Waals surface area contributed by atoms with Crippen molar-refractivity contribution in [2.24, 2.45) is 0 Å². The molecule has 0 saturated carbocycles. The molecule has 0 aliphatic rings. The third-order valence-corrected chi connectivity index (χ3v) is 3.45. The summed E-state index contributed by atoms with van der Waals surface area (Å²) >= 11 is 0. The highest BCUT2D eigenvalue weighted by Crippen LogP contribution is 2.14. The minimum absolute atomic E-state index is 0.111. The summed E-state index contributed by atoms with van der Waals surface area (Å²) in [6, 6.07) is 13.8. The van der Waals surface area contributed by atoms with Crippen molar-refractivity contribution >= 4 is 17.8 Å². The predicted octanol–water partition coefficient (Wildman–Crippen LogP) is 3.39. The molecule has 0 spiro atoms. The number of hydrogen-bond acceptors (Lipinski definition) is 5. The maximum Gasteiger partial charge on any atom is 0.337 e. The van der Waals surface area contributed by atoms with Crippen LogP contribution in [0.25, 0.3) is 6.08 Å². The van der Waals surface area contributed by atoms with Crippen LogP contribution in [-0.4, -0.2) is 39.2 Å². The predicted molar refractivity (Wildman–Crippen MR) is 95.0 cm³/mol. The highest BCUT2D eigenvalue weighted by Gasteiger charge is 2.05. The molecule has 25 heavy (non-hydrogen) atoms. The summed E-state index contributed by atoms with van der Waals surface area (Å²) in [5, 5.41) is 0. The summed E-state index contributed by atoms with van der Waals surface area (Å²) < 4.78 is 15.0. The quantitative estimate of drug-likeness (QED) is 0.319. The van der Waals surface area contributed by atoms with E-state index in [0.29, 0.717) is 30.1 Å². The Morgan fingerprint density at radius 3 is 2.12 bits per heavy atom. The summed E-state index contributed by atoms with van der Waals surface area (Å²) in [4.78, 5) is 23.6. The van der Waals surface area contributed by atoms with Crippen molar-refractivity contribution < 1.29 is 23.8 Å². The lowest BCUT2D eigenvalue weighted by molar-refractivity contribution is 0.0600. The molecule has 0 aliphatic heterocycles. The standard InChI is InChI=1S/C20H20O5/c1-23-13-14-25-18-10-8-16(9-11-18)19(21)12-5-15-3-6-17(7-4-15)20(22)24-2/h3-12H,13-14H2,1-2H3. The zero-order valence-corrected chi connectivity index (χ0v) is 14.2. The normalized spacial score (nSPS) is 10.6. The van der Waals surface area contributed by atoms with Crippen molar-refractivity contribution in [3.8, 4) is 5.75 Å². The largest absolute Gasteiger partial charge is 0.491 e. The van der Waals surface area contributed by atoms with Crippen LogP contribution in [0.15, 0.2) is 54.6 Å². The monoisotopic (exact) mass is 340 g/mol. The Morgan fingerprint density at radius 2 is 1.52 bits per heavy atom. The minimum atomic E-state index is -0.389. The lowest BCUT2D eigenvalue weighted by Crippen LogP contribution is -2.04. The molecular formula is C20H20O5. The molecule has 0 atom stereocenters. The van der Waals surface area contributed by atoms with Gasteiger partial charge in [0.15, 0.2) is 5.78 Å². The van der Waals surface area contributed by atoms with Crippen LogP contribution in [0, 0.1) is 0 Å². The van der Waals surface area contributed by atoms with E-state index in [9.17, 15) is 9.59 Å². The van der Waals surface area contributed by atoms with Crippen LogP contribution >= 0.6 is 0 Å². The van der Waals surface area contributed by atoms with Gasteiger partial charge in [0.25, 0.3) is 0 Å². The van der Waals surface area contributed by atoms with Gasteiger partial charge >= 0.3 is 5.97 Å². The van der Waals surface area contributed by atoms with Crippen LogP contribution in [0.1, 0.15) is 26.3 Å². The molecule has 0 saturated heterocycles. The molecule has 0 amide bonds. The van der Waals surface area contributed by atoms with Gasteiger partial charge in [-0.3, -0.25) is 4.79 Å². The topological polar surface area (TPSA) is 61.8 Å². The zero-order valence-electron chi connectivity index (χ0n) is 14.2. The number of ketones is 1. The average Bonchev–Trinajstić information content (AvgIpc) is 2.66. The van der Waals surface area contributed by atoms with Gasteiger partial charge in [-0.25, -0.2) is 4.79 Å². The van der Waals surface area contributed by atoms with E-state index in [-0.39, 0.29) is 11.8 Å². The number of carbonyl (C=O) groups is 2. The van der Waals surface area contributed by atoms with Gasteiger partial charge in [0.2, 0.25) is 0 Å². The van der Waals surface area contributed by atoms with Crippen molar-refractivity contribution in [3.05, 3.63) is 71.3 Å². The van der Waals surface area contributed by atoms with Crippen LogP contribution in [-0.2, 0) is 9.47 Å². The first kappa shape index (κ1) is 18.4. The number of carbonyl (C=O) groups excluding carboxylic acids is 2. The summed E-state index contributed by atoms with van der Waals surface area (Å²) in [5.74, 6) is 0.191. The molecular weight excluding hydrogens is 320 g/mol. The Morgan fingerprint density at radius 1 is 0.880 bits per heavy atom. The number of ether oxygens (including phenoxy) is 3. The second-order valence-electron chi connectivity index (χ2n) is 5.18. The van der Waals surface area contributed by atoms with Gasteiger partial charge < -0.3 is 14.2 Å². The first-order valence-electron chi connectivity index (χ1n) is 7.76. The van der Waals surface area contributed by atoms with Gasteiger partial charge in [-0.2, -0.15) is 0 Å². The van der Waals surface area contributed by atoms with E-state index in [1.165, 1.54) is 13.2 Å². The number of hydrogen-bond donors (Lipinski definition) is 0. The molecule has 0 fully saturated rings. The fourth-order valence-corrected chi connectivity index (χ4v) is 2.07. The number of allylic oxidation sites excluding steroid dienone is 1. The molecule has 2 aromatic rings. The molecule has 5 nitrogen and oxygen atoms in total. The highest BCUT2D eigenvalue weighted by atomic mass is 16.5. The molecule has 0 radical (unpaired) electrons. The molecule has 5 heteroatoms. The SMILES string of the molecule is COCCOc1ccc(C(=O)C=Cc2ccc(C(=O)OC)cc2)cc1. The molecule has 0 aliphatic carbocycles. The molecule has 130 valence electrons. The number of benzene rings is 2. The minimum Gasteiger partial charge on any atom is -0.491 e. The van der Waals surface area contributed by atoms with Crippen LogP contribution in [0.5, 0.6) is 5.75 Å². The maximum atomic E-state index is 12.2. The Bertz CT molecular complexity index is 730. The Kier molecular flexibility index (Phi) is 6.92. The Balaban J connectivity index is 1.96. The lowest BCUT2D eigenvalue weighted by Gasteiger charge is -2.05. The van der Waals surface area contributed by atoms with Gasteiger partial charge in [-0.1, -0.05) is 18.2 Å². The molecule has 0 aromatic heterocycles. The van der Waals surface area contributed by atoms with Gasteiger partial charge in [-0.05, 0) is 48.0 Å². The maximum absolute atomic E-state index is 12.2. The van der Waals surface area contributed by atoms with Gasteiger partial charge in [0.05, 0.1) is 19.3 Å². The van der Waals surface area contributed by atoms with E-state index in [1.807, 2.05) is 0 Å². The van der Waals surface area contributed by atoms with E-state index in [0.717, 1.165) is 5.56 Å². The summed E-state index contributed by atoms with van der Waals surface area (Å²) in [6.07, 6.45) is 3.19. The van der Waals surface area contributed by atoms with Gasteiger partial charge in [0, 0.05) is 12.7 Å². The Hall–Kier alpha value is -2.92. The molecule has 0 unspecified atom stereocenters. The van der Waals surface area contributed by atoms with Crippen molar-refractivity contribution in [1.29, 1.82) is 0 Å². The fraction of sp³-hybridized carbons (Fsp3) is 0.200. The number of esters is 1. The van der Waals surface area contributed by atoms with E-state index in [4.69, 9.17) is 9.47 Å². The van der Waals surface area contributed by atoms with Crippen LogP contribution in [0.3, 0.4) is 0 Å². The highest BCUT2D eigenvalue weighted by molar-refractivity contribution is 6.06. The fourth-order valence-electron chi connectivity index (χ4n) is 2.07. The van der Waals surface area contributed by atoms with Gasteiger partial charge in [-0.15, -0.1) is 0 Å². The molecule has 0 bridgehead atoms. The lowest BCUT2D eigenvalue weighted by atomic mass is 10.1. The van der Waals surface area contributed by atoms with Crippen molar-refractivity contribution in [2.75, 3.05) is 27.4 Å². The van der Waals surface area contributed by atoms with Crippen LogP contribution < -0.4 is 4.74 Å². The second-order valence-corrected chi connectivity index (χ2v) is 5.18. The van der Waals surface area contributed by atoms with E-state index in [1.54, 1.807) is 61.7 Å². The molecule has 0 heterocycles. The summed E-state index contributed by atoms with van der Waals surface area (Å²) in [7, 11) is 2.95. The van der Waals surface area contributed by atoms with E-state index >= 15 is 0 Å². The number of rotatable bonds is 8. The van der Waals surface area contributed by atoms with Crippen molar-refractivity contribution in [3.63, 3.8) is 0 Å². The first-order valence-corrected chi connectivity index (χ1v) is 7.76. The third-order valence-electron chi connectivity index (χ3n) is 3.45. The van der Waals surface area contributed by atoms with Crippen molar-refractivity contribution in [2.45, 2.75) is 0 Å². The first-order chi connectivity index (χ1) is 12.1. The molecule has 2 aromatic carbocycles. The third kappa shape index (κ3) is 5.58. The number of methoxy groups -OCH3 is 2. The second kappa shape index (κ2) is 9.39. The van der Waals surface area contributed by atoms with E-state index in [2.05, 4.69) is 4.74 Å². The van der Waals surface area contributed by atoms with Gasteiger partial charge in [0.1, 0.15) is 12.4 Å². The summed E-state index contributed by atoms with van der Waals surface area (Å²) in [6.45, 7) is 0.976. The summed E-state index contributed by atoms with van der Waals surface area (Å²) in [5.41, 5.74) is 1.86. The molecule has 0 N–H and O–H groups in total. The smallest absolute Gasteiger partial charge is 0.337 e. The average molecular weight is 340 g/mol. The molecule has 2 rings (SSSR count). The Labute approximate surface area is 146 Å². The van der Waals surface area contributed by atoms with E-state index < -0.39 is 0 Å². The van der Waals surface area contributed by atoms with Crippen LogP contribution in [0.4, 0.5) is 0 Å². The van der Waals surface area contributed by atoms with Crippen LogP contribution in [0.2, 0.25) is 0 Å².